The summed E-state index contributed by atoms with van der Waals surface area (Å²) in [7, 11) is 0. The number of imide groups is 1. The van der Waals surface area contributed by atoms with E-state index < -0.39 is 11.0 Å². The Labute approximate surface area is 138 Å². The number of urea groups is 1. The van der Waals surface area contributed by atoms with Crippen LogP contribution in [0.15, 0.2) is 24.5 Å². The highest BCUT2D eigenvalue weighted by atomic mass is 16.6. The predicted molar refractivity (Wildman–Crippen MR) is 87.5 cm³/mol. The first-order valence-electron chi connectivity index (χ1n) is 7.68. The number of hydrogen-bond acceptors (Lipinski definition) is 5. The number of benzene rings is 1. The van der Waals surface area contributed by atoms with Gasteiger partial charge in [-0.15, -0.1) is 0 Å². The van der Waals surface area contributed by atoms with Crippen LogP contribution in [0.3, 0.4) is 0 Å². The van der Waals surface area contributed by atoms with Crippen LogP contribution < -0.4 is 10.6 Å². The normalized spacial score (nSPS) is 10.5. The van der Waals surface area contributed by atoms with Crippen LogP contribution in [0, 0.1) is 10.1 Å². The molecule has 9 nitrogen and oxygen atoms in total. The van der Waals surface area contributed by atoms with Crippen molar-refractivity contribution in [1.29, 1.82) is 0 Å². The number of hydrogen-bond donors (Lipinski definition) is 2. The number of unbranched alkanes of at least 4 members (excludes halogenated alkanes) is 1. The molecule has 0 aliphatic heterocycles. The Hall–Kier alpha value is -2.97. The van der Waals surface area contributed by atoms with Crippen molar-refractivity contribution in [3.8, 4) is 0 Å². The van der Waals surface area contributed by atoms with Crippen LogP contribution in [0.1, 0.15) is 26.2 Å². The Morgan fingerprint density at radius 2 is 2.17 bits per heavy atom. The van der Waals surface area contributed by atoms with Crippen LogP contribution in [0.2, 0.25) is 0 Å². The van der Waals surface area contributed by atoms with E-state index in [2.05, 4.69) is 15.6 Å². The molecule has 1 aromatic heterocycles. The second-order valence-electron chi connectivity index (χ2n) is 5.28. The number of fused-ring (bicyclic) bond motifs is 1. The van der Waals surface area contributed by atoms with Crippen LogP contribution in [0.25, 0.3) is 11.0 Å². The summed E-state index contributed by atoms with van der Waals surface area (Å²) in [4.78, 5) is 37.6. The molecule has 2 aromatic rings. The number of carbonyl (C=O) groups excluding carboxylic acids is 2. The number of nitrogens with zero attached hydrogens (tertiary/aromatic N) is 3. The first-order valence-corrected chi connectivity index (χ1v) is 7.68. The molecule has 0 spiro atoms. The van der Waals surface area contributed by atoms with E-state index in [0.29, 0.717) is 24.0 Å². The van der Waals surface area contributed by atoms with Gasteiger partial charge in [0, 0.05) is 31.6 Å². The van der Waals surface area contributed by atoms with Crippen LogP contribution in [-0.4, -0.2) is 33.0 Å². The number of carbonyl (C=O) groups is 2. The summed E-state index contributed by atoms with van der Waals surface area (Å²) in [6.45, 7) is 2.61. The van der Waals surface area contributed by atoms with Crippen molar-refractivity contribution in [1.82, 2.24) is 20.2 Å². The minimum absolute atomic E-state index is 0.0172. The third-order valence-electron chi connectivity index (χ3n) is 3.46. The zero-order valence-electron chi connectivity index (χ0n) is 13.3. The average molecular weight is 333 g/mol. The molecule has 9 heteroatoms. The standard InChI is InChI=1S/C15H19N5O4/c1-2-3-4-14(21)18-15(22)16-7-8-19-10-17-12-6-5-11(20(23)24)9-13(12)19/h5-6,9-10H,2-4,7-8H2,1H3,(H2,16,18,21,22). The second-order valence-corrected chi connectivity index (χ2v) is 5.28. The van der Waals surface area contributed by atoms with E-state index >= 15 is 0 Å². The van der Waals surface area contributed by atoms with Crippen molar-refractivity contribution in [3.63, 3.8) is 0 Å². The lowest BCUT2D eigenvalue weighted by atomic mass is 10.2. The highest BCUT2D eigenvalue weighted by Gasteiger charge is 2.11. The Morgan fingerprint density at radius 1 is 1.38 bits per heavy atom. The van der Waals surface area contributed by atoms with Gasteiger partial charge in [0.2, 0.25) is 5.91 Å². The van der Waals surface area contributed by atoms with Crippen molar-refractivity contribution < 1.29 is 14.5 Å². The van der Waals surface area contributed by atoms with E-state index in [0.717, 1.165) is 12.8 Å². The van der Waals surface area contributed by atoms with E-state index in [1.807, 2.05) is 6.92 Å². The van der Waals surface area contributed by atoms with Gasteiger partial charge in [0.1, 0.15) is 0 Å². The number of nitrogens with one attached hydrogen (secondary N) is 2. The number of non-ortho nitro benzene ring substituents is 1. The van der Waals surface area contributed by atoms with Crippen LogP contribution in [-0.2, 0) is 11.3 Å². The largest absolute Gasteiger partial charge is 0.336 e. The quantitative estimate of drug-likeness (QED) is 0.593. The Morgan fingerprint density at radius 3 is 2.88 bits per heavy atom. The molecule has 0 bridgehead atoms. The van der Waals surface area contributed by atoms with Crippen molar-refractivity contribution in [3.05, 3.63) is 34.6 Å². The number of amides is 3. The minimum Gasteiger partial charge on any atom is -0.336 e. The monoisotopic (exact) mass is 333 g/mol. The Kier molecular flexibility index (Phi) is 5.83. The average Bonchev–Trinajstić information content (AvgIpc) is 2.95. The third-order valence-corrected chi connectivity index (χ3v) is 3.46. The predicted octanol–water partition coefficient (Wildman–Crippen LogP) is 1.96. The lowest BCUT2D eigenvalue weighted by Gasteiger charge is -2.08. The summed E-state index contributed by atoms with van der Waals surface area (Å²) in [5.41, 5.74) is 1.24. The minimum atomic E-state index is -0.550. The molecular formula is C15H19N5O4. The summed E-state index contributed by atoms with van der Waals surface area (Å²) in [6.07, 6.45) is 3.49. The molecular weight excluding hydrogens is 314 g/mol. The van der Waals surface area contributed by atoms with Crippen molar-refractivity contribution in [2.75, 3.05) is 6.54 Å². The van der Waals surface area contributed by atoms with Gasteiger partial charge in [0.15, 0.2) is 0 Å². The summed E-state index contributed by atoms with van der Waals surface area (Å²) in [5.74, 6) is -0.307. The van der Waals surface area contributed by atoms with Crippen LogP contribution in [0.4, 0.5) is 10.5 Å². The van der Waals surface area contributed by atoms with Gasteiger partial charge < -0.3 is 9.88 Å². The van der Waals surface area contributed by atoms with Crippen molar-refractivity contribution in [2.24, 2.45) is 0 Å². The number of aromatic nitrogens is 2. The zero-order valence-corrected chi connectivity index (χ0v) is 13.3. The van der Waals surface area contributed by atoms with E-state index in [1.54, 1.807) is 17.0 Å². The lowest BCUT2D eigenvalue weighted by Crippen LogP contribution is -2.40. The summed E-state index contributed by atoms with van der Waals surface area (Å²) < 4.78 is 1.71. The Bertz CT molecular complexity index is 755. The van der Waals surface area contributed by atoms with Crippen LogP contribution in [0.5, 0.6) is 0 Å². The highest BCUT2D eigenvalue weighted by molar-refractivity contribution is 5.94. The van der Waals surface area contributed by atoms with Gasteiger partial charge in [-0.3, -0.25) is 20.2 Å². The molecule has 0 unspecified atom stereocenters. The highest BCUT2D eigenvalue weighted by Crippen LogP contribution is 2.19. The maximum absolute atomic E-state index is 11.6. The van der Waals surface area contributed by atoms with E-state index in [4.69, 9.17) is 0 Å². The summed E-state index contributed by atoms with van der Waals surface area (Å²) in [6, 6.07) is 3.87. The van der Waals surface area contributed by atoms with E-state index in [-0.39, 0.29) is 18.1 Å². The topological polar surface area (TPSA) is 119 Å². The smallest absolute Gasteiger partial charge is 0.321 e. The fraction of sp³-hybridized carbons (Fsp3) is 0.400. The molecule has 0 aliphatic rings. The number of nitro groups is 1. The molecule has 1 heterocycles. The van der Waals surface area contributed by atoms with Gasteiger partial charge in [-0.05, 0) is 12.5 Å². The first kappa shape index (κ1) is 17.4. The van der Waals surface area contributed by atoms with Gasteiger partial charge in [0.05, 0.1) is 22.3 Å². The SMILES string of the molecule is CCCCC(=O)NC(=O)NCCn1cnc2ccc([N+](=O)[O-])cc21. The third kappa shape index (κ3) is 4.51. The molecule has 0 radical (unpaired) electrons. The molecule has 0 saturated carbocycles. The summed E-state index contributed by atoms with van der Waals surface area (Å²) in [5, 5.41) is 15.7. The molecule has 0 atom stereocenters. The Balaban J connectivity index is 1.89. The van der Waals surface area contributed by atoms with Gasteiger partial charge in [-0.1, -0.05) is 13.3 Å². The summed E-state index contributed by atoms with van der Waals surface area (Å²) >= 11 is 0. The van der Waals surface area contributed by atoms with Gasteiger partial charge in [-0.25, -0.2) is 9.78 Å². The fourth-order valence-electron chi connectivity index (χ4n) is 2.20. The lowest BCUT2D eigenvalue weighted by molar-refractivity contribution is -0.384. The molecule has 2 N–H and O–H groups in total. The van der Waals surface area contributed by atoms with Crippen molar-refractivity contribution in [2.45, 2.75) is 32.7 Å². The first-order chi connectivity index (χ1) is 11.5. The molecule has 0 fully saturated rings. The van der Waals surface area contributed by atoms with Gasteiger partial charge in [0.25, 0.3) is 5.69 Å². The second kappa shape index (κ2) is 8.04. The molecule has 2 rings (SSSR count). The molecule has 0 saturated heterocycles. The molecule has 1 aromatic carbocycles. The molecule has 24 heavy (non-hydrogen) atoms. The molecule has 128 valence electrons. The van der Waals surface area contributed by atoms with E-state index in [1.165, 1.54) is 12.1 Å². The fourth-order valence-corrected chi connectivity index (χ4v) is 2.20. The molecule has 0 aliphatic carbocycles. The zero-order chi connectivity index (χ0) is 17.5. The number of imidazole rings is 1. The van der Waals surface area contributed by atoms with Crippen molar-refractivity contribution >= 4 is 28.7 Å². The van der Waals surface area contributed by atoms with Gasteiger partial charge >= 0.3 is 6.03 Å². The van der Waals surface area contributed by atoms with Crippen LogP contribution >= 0.6 is 0 Å². The van der Waals surface area contributed by atoms with E-state index in [9.17, 15) is 19.7 Å². The number of nitro benzene ring substituents is 1. The maximum atomic E-state index is 11.6. The maximum Gasteiger partial charge on any atom is 0.321 e. The molecule has 3 amide bonds. The number of rotatable bonds is 7. The van der Waals surface area contributed by atoms with Gasteiger partial charge in [-0.2, -0.15) is 0 Å².